The van der Waals surface area contributed by atoms with Crippen LogP contribution in [0.4, 0.5) is 0 Å². The molecule has 0 aliphatic heterocycles. The van der Waals surface area contributed by atoms with E-state index in [1.807, 2.05) is 32.0 Å². The molecule has 1 rings (SSSR count). The maximum absolute atomic E-state index is 12.2. The van der Waals surface area contributed by atoms with Gasteiger partial charge in [0.1, 0.15) is 5.25 Å². The number of rotatable bonds is 7. The molecule has 1 atom stereocenters. The number of halogens is 1. The van der Waals surface area contributed by atoms with E-state index in [1.54, 1.807) is 13.0 Å². The van der Waals surface area contributed by atoms with Crippen LogP contribution >= 0.6 is 11.6 Å². The summed E-state index contributed by atoms with van der Waals surface area (Å²) in [6.45, 7) is 6.93. The fourth-order valence-corrected chi connectivity index (χ4v) is 3.73. The molecule has 0 saturated heterocycles. The van der Waals surface area contributed by atoms with Crippen LogP contribution in [0.2, 0.25) is 5.02 Å². The molecule has 0 spiro atoms. The van der Waals surface area contributed by atoms with E-state index in [-0.39, 0.29) is 5.75 Å². The third kappa shape index (κ3) is 5.29. The lowest BCUT2D eigenvalue weighted by molar-refractivity contribution is -0.122. The Morgan fingerprint density at radius 1 is 1.32 bits per heavy atom. The summed E-state index contributed by atoms with van der Waals surface area (Å²) in [5, 5.41) is 2.41. The normalized spacial score (nSPS) is 13.7. The van der Waals surface area contributed by atoms with Crippen molar-refractivity contribution in [2.24, 2.45) is 0 Å². The molecule has 1 N–H and O–H groups in total. The fourth-order valence-electron chi connectivity index (χ4n) is 2.22. The second-order valence-corrected chi connectivity index (χ2v) is 9.00. The lowest BCUT2D eigenvalue weighted by Crippen LogP contribution is -2.50. The maximum atomic E-state index is 12.2. The maximum Gasteiger partial charge on any atom is 0.238 e. The molecule has 22 heavy (non-hydrogen) atoms. The van der Waals surface area contributed by atoms with Crippen LogP contribution in [0.5, 0.6) is 0 Å². The average molecular weight is 346 g/mol. The smallest absolute Gasteiger partial charge is 0.238 e. The molecule has 0 fully saturated rings. The van der Waals surface area contributed by atoms with E-state index in [4.69, 9.17) is 11.6 Å². The van der Waals surface area contributed by atoms with E-state index in [0.717, 1.165) is 5.56 Å². The number of benzene rings is 1. The minimum atomic E-state index is -3.40. The first-order valence-electron chi connectivity index (χ1n) is 7.36. The Hall–Kier alpha value is -1.07. The number of hydrogen-bond acceptors (Lipinski definition) is 3. The number of amides is 1. The molecule has 0 unspecified atom stereocenters. The van der Waals surface area contributed by atoms with Crippen molar-refractivity contribution >= 4 is 27.3 Å². The summed E-state index contributed by atoms with van der Waals surface area (Å²) in [4.78, 5) is 12.2. The zero-order valence-electron chi connectivity index (χ0n) is 13.5. The number of hydrogen-bond donors (Lipinski definition) is 1. The molecule has 0 saturated carbocycles. The van der Waals surface area contributed by atoms with Crippen molar-refractivity contribution in [3.63, 3.8) is 0 Å². The monoisotopic (exact) mass is 345 g/mol. The van der Waals surface area contributed by atoms with Crippen LogP contribution in [0.1, 0.15) is 39.7 Å². The van der Waals surface area contributed by atoms with Crippen LogP contribution in [0.25, 0.3) is 0 Å². The van der Waals surface area contributed by atoms with Crippen molar-refractivity contribution < 1.29 is 13.2 Å². The van der Waals surface area contributed by atoms with Gasteiger partial charge in [-0.1, -0.05) is 36.7 Å². The standard InChI is InChI=1S/C16H24ClNO3S/c1-5-10-22(20,21)12(2)15(19)18-16(3,4)11-13-8-6-7-9-14(13)17/h6-9,12H,5,10-11H2,1-4H3,(H,18,19)/t12-/m0/s1. The highest BCUT2D eigenvalue weighted by molar-refractivity contribution is 7.92. The lowest BCUT2D eigenvalue weighted by atomic mass is 9.94. The molecule has 6 heteroatoms. The summed E-state index contributed by atoms with van der Waals surface area (Å²) in [6, 6.07) is 7.42. The molecule has 124 valence electrons. The molecular weight excluding hydrogens is 322 g/mol. The van der Waals surface area contributed by atoms with Gasteiger partial charge in [-0.3, -0.25) is 4.79 Å². The minimum Gasteiger partial charge on any atom is -0.350 e. The van der Waals surface area contributed by atoms with Gasteiger partial charge in [-0.2, -0.15) is 0 Å². The summed E-state index contributed by atoms with van der Waals surface area (Å²) < 4.78 is 24.0. The van der Waals surface area contributed by atoms with E-state index in [0.29, 0.717) is 17.9 Å². The van der Waals surface area contributed by atoms with Gasteiger partial charge in [0.15, 0.2) is 9.84 Å². The SMILES string of the molecule is CCCS(=O)(=O)[C@@H](C)C(=O)NC(C)(C)Cc1ccccc1Cl. The highest BCUT2D eigenvalue weighted by Gasteiger charge is 2.31. The van der Waals surface area contributed by atoms with Crippen LogP contribution in [-0.2, 0) is 21.1 Å². The van der Waals surface area contributed by atoms with Crippen molar-refractivity contribution in [1.82, 2.24) is 5.32 Å². The van der Waals surface area contributed by atoms with Crippen LogP contribution in [0.15, 0.2) is 24.3 Å². The van der Waals surface area contributed by atoms with E-state index in [2.05, 4.69) is 5.32 Å². The van der Waals surface area contributed by atoms with Crippen molar-refractivity contribution in [1.29, 1.82) is 0 Å². The van der Waals surface area contributed by atoms with E-state index in [1.165, 1.54) is 6.92 Å². The molecule has 1 aromatic carbocycles. The molecule has 4 nitrogen and oxygen atoms in total. The molecule has 0 aliphatic carbocycles. The van der Waals surface area contributed by atoms with Gasteiger partial charge in [-0.25, -0.2) is 8.42 Å². The molecule has 0 radical (unpaired) electrons. The second kappa shape index (κ2) is 7.47. The van der Waals surface area contributed by atoms with Crippen LogP contribution in [0.3, 0.4) is 0 Å². The summed E-state index contributed by atoms with van der Waals surface area (Å²) in [6.07, 6.45) is 1.03. The third-order valence-corrected chi connectivity index (χ3v) is 6.09. The Morgan fingerprint density at radius 3 is 2.45 bits per heavy atom. The van der Waals surface area contributed by atoms with Crippen LogP contribution < -0.4 is 5.32 Å². The first-order valence-corrected chi connectivity index (χ1v) is 9.45. The Kier molecular flexibility index (Phi) is 6.44. The van der Waals surface area contributed by atoms with Gasteiger partial charge in [0.05, 0.1) is 5.75 Å². The fraction of sp³-hybridized carbons (Fsp3) is 0.562. The Labute approximate surface area is 138 Å². The van der Waals surface area contributed by atoms with E-state index < -0.39 is 26.5 Å². The van der Waals surface area contributed by atoms with Gasteiger partial charge >= 0.3 is 0 Å². The number of carbonyl (C=O) groups is 1. The second-order valence-electron chi connectivity index (χ2n) is 6.15. The highest BCUT2D eigenvalue weighted by Crippen LogP contribution is 2.21. The third-order valence-electron chi connectivity index (χ3n) is 3.45. The lowest BCUT2D eigenvalue weighted by Gasteiger charge is -2.28. The first-order chi connectivity index (χ1) is 10.1. The number of carbonyl (C=O) groups excluding carboxylic acids is 1. The van der Waals surface area contributed by atoms with Gasteiger partial charge in [0.2, 0.25) is 5.91 Å². The van der Waals surface area contributed by atoms with Gasteiger partial charge in [0.25, 0.3) is 0 Å². The molecule has 0 bridgehead atoms. The van der Waals surface area contributed by atoms with Crippen LogP contribution in [-0.4, -0.2) is 30.9 Å². The van der Waals surface area contributed by atoms with Crippen molar-refractivity contribution in [2.75, 3.05) is 5.75 Å². The molecule has 1 aromatic rings. The minimum absolute atomic E-state index is 0.0204. The Morgan fingerprint density at radius 2 is 1.91 bits per heavy atom. The van der Waals surface area contributed by atoms with Gasteiger partial charge in [-0.15, -0.1) is 0 Å². The predicted molar refractivity (Wildman–Crippen MR) is 90.9 cm³/mol. The quantitative estimate of drug-likeness (QED) is 0.826. The summed E-state index contributed by atoms with van der Waals surface area (Å²) in [5.41, 5.74) is 0.330. The molecule has 0 aliphatic rings. The predicted octanol–water partition coefficient (Wildman–Crippen LogP) is 2.99. The topological polar surface area (TPSA) is 63.2 Å². The number of sulfone groups is 1. The molecule has 0 heterocycles. The van der Waals surface area contributed by atoms with Gasteiger partial charge in [-0.05, 0) is 45.2 Å². The Bertz CT molecular complexity index is 626. The first kappa shape index (κ1) is 19.0. The van der Waals surface area contributed by atoms with Crippen LogP contribution in [0, 0.1) is 0 Å². The van der Waals surface area contributed by atoms with E-state index in [9.17, 15) is 13.2 Å². The zero-order chi connectivity index (χ0) is 17.0. The summed E-state index contributed by atoms with van der Waals surface area (Å²) >= 11 is 6.13. The molecule has 1 amide bonds. The molecular formula is C16H24ClNO3S. The van der Waals surface area contributed by atoms with Crippen molar-refractivity contribution in [3.8, 4) is 0 Å². The van der Waals surface area contributed by atoms with Crippen molar-refractivity contribution in [3.05, 3.63) is 34.9 Å². The van der Waals surface area contributed by atoms with Crippen molar-refractivity contribution in [2.45, 2.75) is 51.3 Å². The largest absolute Gasteiger partial charge is 0.350 e. The average Bonchev–Trinajstić information content (AvgIpc) is 2.39. The molecule has 0 aromatic heterocycles. The summed E-state index contributed by atoms with van der Waals surface area (Å²) in [5.74, 6) is -0.447. The van der Waals surface area contributed by atoms with Gasteiger partial charge in [0, 0.05) is 10.6 Å². The zero-order valence-corrected chi connectivity index (χ0v) is 15.1. The number of nitrogens with one attached hydrogen (secondary N) is 1. The summed E-state index contributed by atoms with van der Waals surface area (Å²) in [7, 11) is -3.40. The van der Waals surface area contributed by atoms with Gasteiger partial charge < -0.3 is 5.32 Å². The van der Waals surface area contributed by atoms with E-state index >= 15 is 0 Å². The highest BCUT2D eigenvalue weighted by atomic mass is 35.5. The Balaban J connectivity index is 2.80.